The third kappa shape index (κ3) is 3.62. The normalized spacial score (nSPS) is 12.2. The van der Waals surface area contributed by atoms with E-state index in [2.05, 4.69) is 32.4 Å². The molecule has 0 aliphatic rings. The maximum Gasteiger partial charge on any atom is 0.270 e. The Hall–Kier alpha value is -3.55. The van der Waals surface area contributed by atoms with Crippen LogP contribution >= 0.6 is 0 Å². The first kappa shape index (κ1) is 17.8. The van der Waals surface area contributed by atoms with E-state index in [1.54, 1.807) is 12.3 Å². The van der Waals surface area contributed by atoms with Gasteiger partial charge in [-0.1, -0.05) is 37.3 Å². The van der Waals surface area contributed by atoms with Crippen LogP contribution in [-0.2, 0) is 0 Å². The molecule has 4 aromatic rings. The van der Waals surface area contributed by atoms with Gasteiger partial charge in [0, 0.05) is 24.5 Å². The maximum absolute atomic E-state index is 12.8. The van der Waals surface area contributed by atoms with Gasteiger partial charge in [-0.25, -0.2) is 4.98 Å². The Morgan fingerprint density at radius 3 is 2.79 bits per heavy atom. The fourth-order valence-electron chi connectivity index (χ4n) is 3.19. The van der Waals surface area contributed by atoms with E-state index in [4.69, 9.17) is 0 Å². The molecule has 3 aromatic heterocycles. The minimum absolute atomic E-state index is 0.203. The van der Waals surface area contributed by atoms with Gasteiger partial charge in [-0.3, -0.25) is 9.48 Å². The van der Waals surface area contributed by atoms with Crippen LogP contribution in [0.15, 0.2) is 61.2 Å². The van der Waals surface area contributed by atoms with Crippen LogP contribution in [-0.4, -0.2) is 41.8 Å². The second-order valence-electron chi connectivity index (χ2n) is 6.46. The van der Waals surface area contributed by atoms with Crippen LogP contribution in [0.2, 0.25) is 0 Å². The number of amides is 1. The van der Waals surface area contributed by atoms with Crippen LogP contribution in [0.4, 0.5) is 0 Å². The van der Waals surface area contributed by atoms with Gasteiger partial charge in [0.05, 0.1) is 11.7 Å². The number of hydrogen-bond donors (Lipinski definition) is 1. The number of nitrogens with one attached hydrogen (secondary N) is 1. The molecule has 0 spiro atoms. The zero-order valence-electron chi connectivity index (χ0n) is 15.6. The molecule has 1 N–H and O–H groups in total. The average molecular weight is 375 g/mol. The van der Waals surface area contributed by atoms with E-state index in [0.29, 0.717) is 23.7 Å². The summed E-state index contributed by atoms with van der Waals surface area (Å²) in [5, 5.41) is 11.4. The lowest BCUT2D eigenvalue weighted by Crippen LogP contribution is -2.28. The molecule has 1 amide bonds. The predicted octanol–water partition coefficient (Wildman–Crippen LogP) is 2.76. The molecule has 8 heteroatoms. The number of carbonyl (C=O) groups excluding carboxylic acids is 1. The van der Waals surface area contributed by atoms with Gasteiger partial charge in [-0.2, -0.15) is 19.7 Å². The molecule has 0 aliphatic carbocycles. The monoisotopic (exact) mass is 375 g/mol. The van der Waals surface area contributed by atoms with Crippen molar-refractivity contribution in [3.8, 4) is 11.3 Å². The summed E-state index contributed by atoms with van der Waals surface area (Å²) >= 11 is 0. The van der Waals surface area contributed by atoms with Crippen molar-refractivity contribution in [2.45, 2.75) is 25.8 Å². The molecular weight excluding hydrogens is 354 g/mol. The fourth-order valence-corrected chi connectivity index (χ4v) is 3.19. The number of nitrogens with zero attached hydrogens (tertiary/aromatic N) is 6. The van der Waals surface area contributed by atoms with Crippen molar-refractivity contribution in [3.63, 3.8) is 0 Å². The molecule has 0 saturated carbocycles. The van der Waals surface area contributed by atoms with Crippen LogP contribution < -0.4 is 5.32 Å². The van der Waals surface area contributed by atoms with Gasteiger partial charge in [-0.15, -0.1) is 0 Å². The van der Waals surface area contributed by atoms with E-state index < -0.39 is 0 Å². The molecule has 1 atom stereocenters. The van der Waals surface area contributed by atoms with Crippen LogP contribution in [0.25, 0.3) is 17.0 Å². The van der Waals surface area contributed by atoms with Gasteiger partial charge < -0.3 is 5.32 Å². The fraction of sp³-hybridized carbons (Fsp3) is 0.250. The molecule has 0 bridgehead atoms. The zero-order chi connectivity index (χ0) is 19.3. The molecule has 0 saturated heterocycles. The highest BCUT2D eigenvalue weighted by Gasteiger charge is 2.16. The van der Waals surface area contributed by atoms with E-state index in [1.807, 2.05) is 47.3 Å². The maximum atomic E-state index is 12.8. The molecule has 28 heavy (non-hydrogen) atoms. The summed E-state index contributed by atoms with van der Waals surface area (Å²) in [7, 11) is 0. The Labute approximate surface area is 162 Å². The number of aromatic nitrogens is 6. The second-order valence-corrected chi connectivity index (χ2v) is 6.46. The molecule has 0 aliphatic heterocycles. The van der Waals surface area contributed by atoms with Crippen LogP contribution in [0.1, 0.15) is 36.3 Å². The quantitative estimate of drug-likeness (QED) is 0.536. The first-order chi connectivity index (χ1) is 13.8. The smallest absolute Gasteiger partial charge is 0.270 e. The number of rotatable bonds is 7. The van der Waals surface area contributed by atoms with E-state index in [9.17, 15) is 4.79 Å². The average Bonchev–Trinajstić information content (AvgIpc) is 3.43. The van der Waals surface area contributed by atoms with Gasteiger partial charge >= 0.3 is 0 Å². The molecule has 8 nitrogen and oxygen atoms in total. The lowest BCUT2D eigenvalue weighted by atomic mass is 10.1. The number of fused-ring (bicyclic) bond motifs is 1. The standard InChI is InChI=1S/C20H21N7O/c1-2-16(26-12-6-10-23-26)9-11-21-19(28)18-13-17(15-7-4-3-5-8-15)25-20-22-14-24-27(18)20/h3-8,10,12-14,16H,2,9,11H2,1H3,(H,21,28). The highest BCUT2D eigenvalue weighted by atomic mass is 16.2. The third-order valence-corrected chi connectivity index (χ3v) is 4.69. The summed E-state index contributed by atoms with van der Waals surface area (Å²) in [5.41, 5.74) is 2.02. The SMILES string of the molecule is CCC(CCNC(=O)c1cc(-c2ccccc2)nc2ncnn12)n1cccn1. The largest absolute Gasteiger partial charge is 0.351 e. The van der Waals surface area contributed by atoms with Crippen LogP contribution in [0.3, 0.4) is 0 Å². The van der Waals surface area contributed by atoms with E-state index in [-0.39, 0.29) is 11.9 Å². The van der Waals surface area contributed by atoms with Crippen molar-refractivity contribution in [2.75, 3.05) is 6.54 Å². The summed E-state index contributed by atoms with van der Waals surface area (Å²) in [6.07, 6.45) is 6.85. The lowest BCUT2D eigenvalue weighted by Gasteiger charge is -2.16. The summed E-state index contributed by atoms with van der Waals surface area (Å²) < 4.78 is 3.40. The molecule has 3 heterocycles. The summed E-state index contributed by atoms with van der Waals surface area (Å²) in [4.78, 5) is 21.5. The van der Waals surface area contributed by atoms with Crippen LogP contribution in [0, 0.1) is 0 Å². The van der Waals surface area contributed by atoms with Gasteiger partial charge in [0.25, 0.3) is 11.7 Å². The highest BCUT2D eigenvalue weighted by Crippen LogP contribution is 2.19. The minimum atomic E-state index is -0.203. The Kier molecular flexibility index (Phi) is 5.09. The molecule has 0 fully saturated rings. The van der Waals surface area contributed by atoms with Crippen molar-refractivity contribution in [1.82, 2.24) is 34.7 Å². The highest BCUT2D eigenvalue weighted by molar-refractivity contribution is 5.94. The molecule has 0 radical (unpaired) electrons. The molecule has 4 rings (SSSR count). The van der Waals surface area contributed by atoms with E-state index >= 15 is 0 Å². The second kappa shape index (κ2) is 7.99. The summed E-state index contributed by atoms with van der Waals surface area (Å²) in [5.74, 6) is 0.194. The van der Waals surface area contributed by atoms with Crippen molar-refractivity contribution in [2.24, 2.45) is 0 Å². The van der Waals surface area contributed by atoms with Gasteiger partial charge in [0.1, 0.15) is 12.0 Å². The third-order valence-electron chi connectivity index (χ3n) is 4.69. The summed E-state index contributed by atoms with van der Waals surface area (Å²) in [6.45, 7) is 2.65. The van der Waals surface area contributed by atoms with Crippen molar-refractivity contribution in [3.05, 3.63) is 66.9 Å². The van der Waals surface area contributed by atoms with E-state index in [0.717, 1.165) is 18.4 Å². The van der Waals surface area contributed by atoms with Crippen molar-refractivity contribution in [1.29, 1.82) is 0 Å². The Morgan fingerprint density at radius 1 is 1.18 bits per heavy atom. The molecule has 1 unspecified atom stereocenters. The van der Waals surface area contributed by atoms with E-state index in [1.165, 1.54) is 10.8 Å². The Bertz CT molecular complexity index is 1060. The van der Waals surface area contributed by atoms with Gasteiger partial charge in [-0.05, 0) is 25.0 Å². The topological polar surface area (TPSA) is 90.0 Å². The van der Waals surface area contributed by atoms with Gasteiger partial charge in [0.2, 0.25) is 0 Å². The van der Waals surface area contributed by atoms with Crippen molar-refractivity contribution >= 4 is 11.7 Å². The first-order valence-corrected chi connectivity index (χ1v) is 9.30. The summed E-state index contributed by atoms with van der Waals surface area (Å²) in [6, 6.07) is 13.6. The van der Waals surface area contributed by atoms with Crippen LogP contribution in [0.5, 0.6) is 0 Å². The number of benzene rings is 1. The Balaban J connectivity index is 1.53. The molecule has 142 valence electrons. The Morgan fingerprint density at radius 2 is 2.04 bits per heavy atom. The number of hydrogen-bond acceptors (Lipinski definition) is 5. The zero-order valence-corrected chi connectivity index (χ0v) is 15.6. The number of carbonyl (C=O) groups is 1. The predicted molar refractivity (Wildman–Crippen MR) is 105 cm³/mol. The first-order valence-electron chi connectivity index (χ1n) is 9.30. The molecular formula is C20H21N7O. The lowest BCUT2D eigenvalue weighted by molar-refractivity contribution is 0.0943. The minimum Gasteiger partial charge on any atom is -0.351 e. The van der Waals surface area contributed by atoms with Gasteiger partial charge in [0.15, 0.2) is 0 Å². The molecule has 1 aromatic carbocycles. The van der Waals surface area contributed by atoms with Crippen molar-refractivity contribution < 1.29 is 4.79 Å².